The third-order valence-electron chi connectivity index (χ3n) is 5.19. The van der Waals surface area contributed by atoms with Gasteiger partial charge in [0.05, 0.1) is 6.54 Å². The Labute approximate surface area is 144 Å². The minimum Gasteiger partial charge on any atom is -0.370 e. The summed E-state index contributed by atoms with van der Waals surface area (Å²) in [7, 11) is 0. The maximum absolute atomic E-state index is 6.12. The van der Waals surface area contributed by atoms with E-state index in [0.717, 1.165) is 19.6 Å². The monoisotopic (exact) mass is 334 g/mol. The third-order valence-corrected chi connectivity index (χ3v) is 6.22. The lowest BCUT2D eigenvalue weighted by Gasteiger charge is -2.31. The van der Waals surface area contributed by atoms with E-state index in [2.05, 4.69) is 33.6 Å². The summed E-state index contributed by atoms with van der Waals surface area (Å²) in [6, 6.07) is 3.24. The Morgan fingerprint density at radius 3 is 2.96 bits per heavy atom. The molecule has 1 aliphatic heterocycles. The van der Waals surface area contributed by atoms with Crippen molar-refractivity contribution in [2.24, 2.45) is 10.7 Å². The molecule has 3 N–H and O–H groups in total. The minimum atomic E-state index is 0.442. The molecule has 4 nitrogen and oxygen atoms in total. The van der Waals surface area contributed by atoms with Crippen LogP contribution in [-0.2, 0) is 13.0 Å². The van der Waals surface area contributed by atoms with E-state index >= 15 is 0 Å². The first kappa shape index (κ1) is 16.8. The van der Waals surface area contributed by atoms with E-state index in [0.29, 0.717) is 18.0 Å². The quantitative estimate of drug-likeness (QED) is 0.505. The van der Waals surface area contributed by atoms with Crippen molar-refractivity contribution in [2.75, 3.05) is 13.1 Å². The lowest BCUT2D eigenvalue weighted by Crippen LogP contribution is -2.42. The number of fused-ring (bicyclic) bond motifs is 1. The van der Waals surface area contributed by atoms with Crippen molar-refractivity contribution >= 4 is 17.3 Å². The molecule has 0 aromatic carbocycles. The zero-order valence-electron chi connectivity index (χ0n) is 14.3. The molecule has 5 heteroatoms. The predicted octanol–water partition coefficient (Wildman–Crippen LogP) is 3.12. The fraction of sp³-hybridized carbons (Fsp3) is 0.722. The van der Waals surface area contributed by atoms with Gasteiger partial charge in [-0.05, 0) is 43.2 Å². The fourth-order valence-corrected chi connectivity index (χ4v) is 4.56. The van der Waals surface area contributed by atoms with Crippen LogP contribution in [0.3, 0.4) is 0 Å². The third kappa shape index (κ3) is 4.70. The average Bonchev–Trinajstić information content (AvgIpc) is 2.88. The van der Waals surface area contributed by atoms with Gasteiger partial charge in [0.1, 0.15) is 0 Å². The lowest BCUT2D eigenvalue weighted by molar-refractivity contribution is 0.197. The number of hydrogen-bond donors (Lipinski definition) is 2. The average molecular weight is 335 g/mol. The van der Waals surface area contributed by atoms with Crippen LogP contribution in [0.4, 0.5) is 0 Å². The van der Waals surface area contributed by atoms with Crippen molar-refractivity contribution in [3.05, 3.63) is 21.9 Å². The molecule has 128 valence electrons. The van der Waals surface area contributed by atoms with Gasteiger partial charge in [-0.1, -0.05) is 25.7 Å². The first-order valence-electron chi connectivity index (χ1n) is 9.08. The molecular weight excluding hydrogens is 304 g/mol. The molecule has 3 rings (SSSR count). The topological polar surface area (TPSA) is 53.6 Å². The highest BCUT2D eigenvalue weighted by atomic mass is 32.1. The lowest BCUT2D eigenvalue weighted by atomic mass is 10.1. The van der Waals surface area contributed by atoms with Crippen molar-refractivity contribution in [1.82, 2.24) is 10.2 Å². The van der Waals surface area contributed by atoms with Gasteiger partial charge in [0.2, 0.25) is 0 Å². The molecular formula is C18H30N4S. The molecule has 0 bridgehead atoms. The molecule has 0 amide bonds. The Kier molecular flexibility index (Phi) is 5.95. The number of hydrogen-bond acceptors (Lipinski definition) is 3. The van der Waals surface area contributed by atoms with Crippen LogP contribution in [0.5, 0.6) is 0 Å². The molecule has 2 heterocycles. The van der Waals surface area contributed by atoms with Crippen LogP contribution in [0.25, 0.3) is 0 Å². The fourth-order valence-electron chi connectivity index (χ4n) is 3.67. The van der Waals surface area contributed by atoms with E-state index in [1.54, 1.807) is 4.88 Å². The molecule has 1 aliphatic carbocycles. The zero-order valence-corrected chi connectivity index (χ0v) is 15.1. The molecule has 1 aromatic rings. The molecule has 1 fully saturated rings. The summed E-state index contributed by atoms with van der Waals surface area (Å²) in [6.07, 6.45) is 9.02. The summed E-state index contributed by atoms with van der Waals surface area (Å²) in [6.45, 7) is 5.25. The van der Waals surface area contributed by atoms with Gasteiger partial charge in [0, 0.05) is 30.1 Å². The van der Waals surface area contributed by atoms with Crippen molar-refractivity contribution in [1.29, 1.82) is 0 Å². The van der Waals surface area contributed by atoms with Gasteiger partial charge < -0.3 is 11.1 Å². The van der Waals surface area contributed by atoms with E-state index < -0.39 is 0 Å². The summed E-state index contributed by atoms with van der Waals surface area (Å²) < 4.78 is 0. The Morgan fingerprint density at radius 2 is 2.17 bits per heavy atom. The number of nitrogens with one attached hydrogen (secondary N) is 1. The second-order valence-electron chi connectivity index (χ2n) is 7.00. The molecule has 1 aromatic heterocycles. The van der Waals surface area contributed by atoms with E-state index in [4.69, 9.17) is 5.73 Å². The SMILES string of the molecule is CC(CN=C(N)NC1CCCCCC1)N1CCc2sccc2C1. The van der Waals surface area contributed by atoms with Gasteiger partial charge in [-0.2, -0.15) is 0 Å². The van der Waals surface area contributed by atoms with Crippen LogP contribution in [0.15, 0.2) is 16.4 Å². The number of nitrogens with two attached hydrogens (primary N) is 1. The summed E-state index contributed by atoms with van der Waals surface area (Å²) in [5.41, 5.74) is 7.62. The van der Waals surface area contributed by atoms with Crippen LogP contribution in [0.1, 0.15) is 55.9 Å². The Morgan fingerprint density at radius 1 is 1.39 bits per heavy atom. The Hall–Kier alpha value is -1.07. The largest absolute Gasteiger partial charge is 0.370 e. The normalized spacial score (nSPS) is 22.4. The van der Waals surface area contributed by atoms with Crippen LogP contribution >= 0.6 is 11.3 Å². The highest BCUT2D eigenvalue weighted by molar-refractivity contribution is 7.10. The van der Waals surface area contributed by atoms with Gasteiger partial charge >= 0.3 is 0 Å². The zero-order chi connectivity index (χ0) is 16.1. The number of nitrogens with zero attached hydrogens (tertiary/aromatic N) is 2. The number of rotatable bonds is 4. The van der Waals surface area contributed by atoms with Crippen molar-refractivity contribution < 1.29 is 0 Å². The molecule has 1 saturated carbocycles. The second kappa shape index (κ2) is 8.15. The standard InChI is InChI=1S/C18H30N4S/c1-14(22-10-8-17-15(13-22)9-11-23-17)12-20-18(19)21-16-6-4-2-3-5-7-16/h9,11,14,16H,2-8,10,12-13H2,1H3,(H3,19,20,21). The second-order valence-corrected chi connectivity index (χ2v) is 8.00. The summed E-state index contributed by atoms with van der Waals surface area (Å²) in [4.78, 5) is 8.70. The maximum Gasteiger partial charge on any atom is 0.188 e. The van der Waals surface area contributed by atoms with Crippen molar-refractivity contribution in [3.8, 4) is 0 Å². The highest BCUT2D eigenvalue weighted by Crippen LogP contribution is 2.25. The van der Waals surface area contributed by atoms with Gasteiger partial charge in [0.15, 0.2) is 5.96 Å². The molecule has 0 radical (unpaired) electrons. The van der Waals surface area contributed by atoms with Crippen LogP contribution in [0.2, 0.25) is 0 Å². The molecule has 23 heavy (non-hydrogen) atoms. The molecule has 2 aliphatic rings. The summed E-state index contributed by atoms with van der Waals surface area (Å²) in [5, 5.41) is 5.65. The van der Waals surface area contributed by atoms with Gasteiger partial charge in [0.25, 0.3) is 0 Å². The first-order valence-corrected chi connectivity index (χ1v) is 9.96. The number of thiophene rings is 1. The highest BCUT2D eigenvalue weighted by Gasteiger charge is 2.21. The van der Waals surface area contributed by atoms with Gasteiger partial charge in [-0.25, -0.2) is 0 Å². The Balaban J connectivity index is 1.46. The number of aliphatic imine (C=N–C) groups is 1. The summed E-state index contributed by atoms with van der Waals surface area (Å²) in [5.74, 6) is 0.636. The summed E-state index contributed by atoms with van der Waals surface area (Å²) >= 11 is 1.89. The Bertz CT molecular complexity index is 517. The van der Waals surface area contributed by atoms with Crippen LogP contribution in [0, 0.1) is 0 Å². The van der Waals surface area contributed by atoms with Crippen LogP contribution in [-0.4, -0.2) is 36.0 Å². The van der Waals surface area contributed by atoms with E-state index in [9.17, 15) is 0 Å². The maximum atomic E-state index is 6.12. The molecule has 1 unspecified atom stereocenters. The van der Waals surface area contributed by atoms with Crippen molar-refractivity contribution in [2.45, 2.75) is 70.5 Å². The molecule has 0 saturated heterocycles. The predicted molar refractivity (Wildman–Crippen MR) is 99.0 cm³/mol. The van der Waals surface area contributed by atoms with Crippen molar-refractivity contribution in [3.63, 3.8) is 0 Å². The molecule has 0 spiro atoms. The van der Waals surface area contributed by atoms with Crippen LogP contribution < -0.4 is 11.1 Å². The van der Waals surface area contributed by atoms with E-state index in [-0.39, 0.29) is 0 Å². The van der Waals surface area contributed by atoms with Gasteiger partial charge in [-0.15, -0.1) is 11.3 Å². The molecule has 1 atom stereocenters. The number of guanidine groups is 1. The minimum absolute atomic E-state index is 0.442. The van der Waals surface area contributed by atoms with Gasteiger partial charge in [-0.3, -0.25) is 9.89 Å². The smallest absolute Gasteiger partial charge is 0.188 e. The first-order chi connectivity index (χ1) is 11.2. The van der Waals surface area contributed by atoms with E-state index in [1.807, 2.05) is 11.3 Å². The van der Waals surface area contributed by atoms with E-state index in [1.165, 1.54) is 50.5 Å².